The zero-order valence-corrected chi connectivity index (χ0v) is 36.1. The Morgan fingerprint density at radius 2 is 0.950 bits per heavy atom. The normalized spacial score (nSPS) is 13.1. The van der Waals surface area contributed by atoms with Gasteiger partial charge in [-0.15, -0.1) is 0 Å². The third-order valence-electron chi connectivity index (χ3n) is 11.0. The molecule has 6 rings (SSSR count). The summed E-state index contributed by atoms with van der Waals surface area (Å²) in [5, 5.41) is 18.5. The lowest BCUT2D eigenvalue weighted by atomic mass is 9.77. The van der Waals surface area contributed by atoms with Gasteiger partial charge >= 0.3 is 0 Å². The highest BCUT2D eigenvalue weighted by molar-refractivity contribution is 7.91. The van der Waals surface area contributed by atoms with Gasteiger partial charge in [-0.1, -0.05) is 63.1 Å². The second-order valence-corrected chi connectivity index (χ2v) is 19.3. The van der Waals surface area contributed by atoms with Crippen molar-refractivity contribution in [3.63, 3.8) is 0 Å². The number of hydrogen-bond donors (Lipinski definition) is 2. The fourth-order valence-corrected chi connectivity index (χ4v) is 9.27. The SMILES string of the molecule is CCCC(=N)c1ccc2nc(C)c(C(CF)C(=O)C(CF)c3c(C)nc4ccc(C(=N)CCC)cc4c3-c3ccc(S(C)(=O)=O)cc3)c(-c3ccc(S(C)(=O)=O)cc3)c2c1. The summed E-state index contributed by atoms with van der Waals surface area (Å²) in [4.78, 5) is 24.9. The van der Waals surface area contributed by atoms with E-state index in [1.54, 1.807) is 74.5 Å². The molecule has 0 radical (unpaired) electrons. The number of aromatic nitrogens is 2. The molecule has 2 unspecified atom stereocenters. The van der Waals surface area contributed by atoms with Crippen LogP contribution in [0.5, 0.6) is 0 Å². The number of Topliss-reactive ketones (excluding diaryl/α,β-unsaturated/α-hetero) is 1. The minimum atomic E-state index is -3.58. The maximum absolute atomic E-state index is 16.0. The van der Waals surface area contributed by atoms with Gasteiger partial charge in [0.25, 0.3) is 0 Å². The van der Waals surface area contributed by atoms with Gasteiger partial charge in [-0.2, -0.15) is 0 Å². The number of aryl methyl sites for hydroxylation is 2. The van der Waals surface area contributed by atoms with Crippen LogP contribution >= 0.6 is 0 Å². The van der Waals surface area contributed by atoms with Crippen LogP contribution < -0.4 is 0 Å². The lowest BCUT2D eigenvalue weighted by Crippen LogP contribution is -2.27. The Balaban J connectivity index is 1.63. The average molecular weight is 851 g/mol. The van der Waals surface area contributed by atoms with Crippen molar-refractivity contribution < 1.29 is 30.4 Å². The Bertz CT molecular complexity index is 2700. The number of fused-ring (bicyclic) bond motifs is 2. The first-order chi connectivity index (χ1) is 28.4. The van der Waals surface area contributed by atoms with Crippen LogP contribution in [0.3, 0.4) is 0 Å². The van der Waals surface area contributed by atoms with Crippen molar-refractivity contribution in [1.82, 2.24) is 9.97 Å². The standard InChI is InChI=1S/C47H48F2N4O5S2/c1-7-9-39(50)31-15-21-41-35(23-31)45(29-11-17-33(18-12-29)59(5,55)56)43(27(3)52-41)37(25-48)47(54)38(26-49)44-28(4)53-42-22-16-32(40(51)10-8-2)24-36(42)46(44)30-13-19-34(20-14-30)60(6,57)58/h11-24,37-38,50-51H,7-10,25-26H2,1-6H3. The van der Waals surface area contributed by atoms with Crippen molar-refractivity contribution in [2.45, 2.75) is 75.0 Å². The van der Waals surface area contributed by atoms with E-state index in [1.165, 1.54) is 24.3 Å². The minimum absolute atomic E-state index is 0.0632. The van der Waals surface area contributed by atoms with Crippen molar-refractivity contribution in [3.05, 3.63) is 119 Å². The van der Waals surface area contributed by atoms with Gasteiger partial charge in [0.1, 0.15) is 13.3 Å². The number of hydrogen-bond acceptors (Lipinski definition) is 9. The van der Waals surface area contributed by atoms with Crippen LogP contribution in [0.4, 0.5) is 8.78 Å². The Labute approximate surface area is 350 Å². The molecule has 6 aromatic rings. The Kier molecular flexibility index (Phi) is 12.9. The van der Waals surface area contributed by atoms with Crippen LogP contribution in [0.1, 0.15) is 85.0 Å². The summed E-state index contributed by atoms with van der Waals surface area (Å²) in [5.74, 6) is -3.88. The largest absolute Gasteiger partial charge is 0.305 e. The first-order valence-electron chi connectivity index (χ1n) is 19.7. The summed E-state index contributed by atoms with van der Waals surface area (Å²) in [6.45, 7) is 4.79. The van der Waals surface area contributed by atoms with Gasteiger partial charge in [0, 0.05) is 46.1 Å². The molecule has 0 bridgehead atoms. The molecule has 2 atom stereocenters. The highest BCUT2D eigenvalue weighted by atomic mass is 32.2. The molecule has 2 aromatic heterocycles. The third-order valence-corrected chi connectivity index (χ3v) is 13.2. The fourth-order valence-electron chi connectivity index (χ4n) is 8.01. The molecular weight excluding hydrogens is 803 g/mol. The Hall–Kier alpha value is -5.53. The maximum Gasteiger partial charge on any atom is 0.175 e. The van der Waals surface area contributed by atoms with E-state index in [0.29, 0.717) is 90.8 Å². The summed E-state index contributed by atoms with van der Waals surface area (Å²) in [5.41, 5.74) is 5.83. The van der Waals surface area contributed by atoms with Crippen LogP contribution in [-0.4, -0.2) is 69.9 Å². The molecule has 0 aliphatic heterocycles. The number of nitrogens with zero attached hydrogens (tertiary/aromatic N) is 2. The average Bonchev–Trinajstić information content (AvgIpc) is 3.21. The van der Waals surface area contributed by atoms with Crippen LogP contribution in [0.25, 0.3) is 44.1 Å². The number of pyridine rings is 2. The van der Waals surface area contributed by atoms with Gasteiger partial charge < -0.3 is 10.8 Å². The van der Waals surface area contributed by atoms with Crippen LogP contribution in [-0.2, 0) is 24.5 Å². The predicted octanol–water partition coefficient (Wildman–Crippen LogP) is 10.3. The summed E-state index contributed by atoms with van der Waals surface area (Å²) < 4.78 is 81.8. The number of ketones is 1. The number of carbonyl (C=O) groups is 1. The molecule has 0 saturated heterocycles. The number of carbonyl (C=O) groups excluding carboxylic acids is 1. The summed E-state index contributed by atoms with van der Waals surface area (Å²) in [6, 6.07) is 22.8. The highest BCUT2D eigenvalue weighted by Gasteiger charge is 2.36. The predicted molar refractivity (Wildman–Crippen MR) is 236 cm³/mol. The molecule has 0 amide bonds. The van der Waals surface area contributed by atoms with E-state index in [2.05, 4.69) is 0 Å². The number of sulfone groups is 2. The van der Waals surface area contributed by atoms with Crippen LogP contribution in [0, 0.1) is 24.7 Å². The smallest absolute Gasteiger partial charge is 0.175 e. The van der Waals surface area contributed by atoms with E-state index in [1.807, 2.05) is 13.8 Å². The monoisotopic (exact) mass is 850 g/mol. The molecule has 0 aliphatic carbocycles. The topological polar surface area (TPSA) is 159 Å². The van der Waals surface area contributed by atoms with Gasteiger partial charge in [-0.25, -0.2) is 25.6 Å². The number of halogens is 2. The molecule has 0 saturated carbocycles. The molecule has 4 aromatic carbocycles. The van der Waals surface area contributed by atoms with Crippen molar-refractivity contribution in [3.8, 4) is 22.3 Å². The van der Waals surface area contributed by atoms with Gasteiger partial charge in [0.05, 0.1) is 32.7 Å². The number of alkyl halides is 2. The zero-order valence-electron chi connectivity index (χ0n) is 34.5. The molecule has 13 heteroatoms. The van der Waals surface area contributed by atoms with E-state index in [0.717, 1.165) is 25.4 Å². The van der Waals surface area contributed by atoms with E-state index in [4.69, 9.17) is 20.8 Å². The molecule has 312 valence electrons. The number of nitrogens with one attached hydrogen (secondary N) is 2. The summed E-state index contributed by atoms with van der Waals surface area (Å²) in [6.07, 6.45) is 4.64. The second kappa shape index (κ2) is 17.6. The molecule has 2 heterocycles. The zero-order chi connectivity index (χ0) is 43.7. The number of benzene rings is 4. The van der Waals surface area contributed by atoms with Crippen molar-refractivity contribution in [2.24, 2.45) is 0 Å². The first kappa shape index (κ1) is 44.0. The van der Waals surface area contributed by atoms with Crippen LogP contribution in [0.2, 0.25) is 0 Å². The Morgan fingerprint density at radius 1 is 0.600 bits per heavy atom. The van der Waals surface area contributed by atoms with E-state index in [-0.39, 0.29) is 20.9 Å². The molecule has 0 aliphatic rings. The molecule has 0 spiro atoms. The third kappa shape index (κ3) is 8.69. The Morgan fingerprint density at radius 3 is 1.25 bits per heavy atom. The summed E-state index contributed by atoms with van der Waals surface area (Å²) >= 11 is 0. The lowest BCUT2D eigenvalue weighted by Gasteiger charge is -2.27. The van der Waals surface area contributed by atoms with Crippen molar-refractivity contribution >= 4 is 58.7 Å². The van der Waals surface area contributed by atoms with Gasteiger partial charge in [0.2, 0.25) is 0 Å². The second-order valence-electron chi connectivity index (χ2n) is 15.3. The van der Waals surface area contributed by atoms with E-state index >= 15 is 13.6 Å². The van der Waals surface area contributed by atoms with E-state index < -0.39 is 50.6 Å². The molecule has 60 heavy (non-hydrogen) atoms. The van der Waals surface area contributed by atoms with Gasteiger partial charge in [-0.05, 0) is 120 Å². The van der Waals surface area contributed by atoms with Gasteiger partial charge in [-0.3, -0.25) is 14.8 Å². The molecular formula is C47H48F2N4O5S2. The number of rotatable bonds is 16. The maximum atomic E-state index is 16.0. The highest BCUT2D eigenvalue weighted by Crippen LogP contribution is 2.44. The molecule has 9 nitrogen and oxygen atoms in total. The lowest BCUT2D eigenvalue weighted by molar-refractivity contribution is -0.122. The fraction of sp³-hybridized carbons (Fsp3) is 0.298. The summed E-state index contributed by atoms with van der Waals surface area (Å²) in [7, 11) is -7.16. The van der Waals surface area contributed by atoms with E-state index in [9.17, 15) is 16.8 Å². The van der Waals surface area contributed by atoms with Gasteiger partial charge in [0.15, 0.2) is 25.5 Å². The molecule has 2 N–H and O–H groups in total. The van der Waals surface area contributed by atoms with Crippen molar-refractivity contribution in [1.29, 1.82) is 10.8 Å². The van der Waals surface area contributed by atoms with Crippen LogP contribution in [0.15, 0.2) is 94.7 Å². The minimum Gasteiger partial charge on any atom is -0.305 e. The quantitative estimate of drug-likeness (QED) is 0.0917. The van der Waals surface area contributed by atoms with Crippen molar-refractivity contribution in [2.75, 3.05) is 25.9 Å². The molecule has 0 fully saturated rings. The first-order valence-corrected chi connectivity index (χ1v) is 23.5.